The van der Waals surface area contributed by atoms with Crippen molar-refractivity contribution in [1.29, 1.82) is 0 Å². The summed E-state index contributed by atoms with van der Waals surface area (Å²) in [5, 5.41) is 11.2. The average Bonchev–Trinajstić information content (AvgIpc) is 3.49. The molecule has 2 aromatic carbocycles. The Hall–Kier alpha value is -4.86. The number of aromatic nitrogens is 2. The number of aliphatic imine (C=N–C) groups is 1. The van der Waals surface area contributed by atoms with Gasteiger partial charge in [-0.2, -0.15) is 0 Å². The molecule has 0 radical (unpaired) electrons. The molecule has 0 unspecified atom stereocenters. The smallest absolute Gasteiger partial charge is 0.332 e. The van der Waals surface area contributed by atoms with E-state index in [0.29, 0.717) is 33.9 Å². The summed E-state index contributed by atoms with van der Waals surface area (Å²) in [6.45, 7) is 0. The van der Waals surface area contributed by atoms with E-state index in [4.69, 9.17) is 4.42 Å². The number of hydrogen-bond acceptors (Lipinski definition) is 7. The lowest BCUT2D eigenvalue weighted by Crippen LogP contribution is -2.43. The van der Waals surface area contributed by atoms with Crippen molar-refractivity contribution in [3.8, 4) is 11.3 Å². The number of fused-ring (bicyclic) bond motifs is 4. The second-order valence-corrected chi connectivity index (χ2v) is 8.81. The molecule has 36 heavy (non-hydrogen) atoms. The van der Waals surface area contributed by atoms with E-state index in [1.54, 1.807) is 48.5 Å². The van der Waals surface area contributed by atoms with Crippen LogP contribution in [0.5, 0.6) is 0 Å². The number of nitro benzene ring substituents is 1. The van der Waals surface area contributed by atoms with Crippen LogP contribution in [0.15, 0.2) is 79.7 Å². The highest BCUT2D eigenvalue weighted by atomic mass is 16.6. The van der Waals surface area contributed by atoms with E-state index in [2.05, 4.69) is 4.99 Å². The number of carbonyl (C=O) groups is 1. The Morgan fingerprint density at radius 1 is 0.917 bits per heavy atom. The first kappa shape index (κ1) is 21.7. The first-order valence-corrected chi connectivity index (χ1v) is 11.1. The van der Waals surface area contributed by atoms with Gasteiger partial charge < -0.3 is 4.42 Å². The zero-order valence-electron chi connectivity index (χ0n) is 19.2. The molecule has 10 heteroatoms. The van der Waals surface area contributed by atoms with Crippen molar-refractivity contribution in [1.82, 2.24) is 9.13 Å². The largest absolute Gasteiger partial charge is 0.460 e. The maximum Gasteiger partial charge on any atom is 0.332 e. The summed E-state index contributed by atoms with van der Waals surface area (Å²) in [6.07, 6.45) is 0. The Morgan fingerprint density at radius 3 is 2.42 bits per heavy atom. The lowest BCUT2D eigenvalue weighted by atomic mass is 9.79. The molecule has 0 saturated carbocycles. The van der Waals surface area contributed by atoms with E-state index in [-0.39, 0.29) is 22.9 Å². The quantitative estimate of drug-likeness (QED) is 0.325. The second kappa shape index (κ2) is 7.57. The topological polar surface area (TPSA) is 130 Å². The van der Waals surface area contributed by atoms with Gasteiger partial charge in [0.15, 0.2) is 5.78 Å². The van der Waals surface area contributed by atoms with Crippen molar-refractivity contribution < 1.29 is 14.1 Å². The summed E-state index contributed by atoms with van der Waals surface area (Å²) in [6, 6.07) is 16.4. The van der Waals surface area contributed by atoms with Crippen molar-refractivity contribution >= 4 is 23.0 Å². The molecule has 0 saturated heterocycles. The molecule has 0 fully saturated rings. The summed E-state index contributed by atoms with van der Waals surface area (Å²) in [5.41, 5.74) is 1.11. The van der Waals surface area contributed by atoms with Gasteiger partial charge in [-0.25, -0.2) is 9.79 Å². The van der Waals surface area contributed by atoms with E-state index in [9.17, 15) is 24.5 Å². The molecule has 2 atom stereocenters. The molecule has 6 rings (SSSR count). The van der Waals surface area contributed by atoms with Crippen molar-refractivity contribution in [2.75, 3.05) is 0 Å². The van der Waals surface area contributed by atoms with Crippen molar-refractivity contribution in [3.05, 3.63) is 114 Å². The van der Waals surface area contributed by atoms with Crippen LogP contribution >= 0.6 is 0 Å². The fourth-order valence-corrected chi connectivity index (χ4v) is 5.12. The SMILES string of the molecule is Cn1c2c(c(=O)n(C)c1=O)[C@H](c1ccc(-c3cccc([N+](=O)[O-])c3)o1)[C@H]1C(=O)c3ccccc3C1=N2. The van der Waals surface area contributed by atoms with Crippen LogP contribution in [0.1, 0.15) is 33.2 Å². The summed E-state index contributed by atoms with van der Waals surface area (Å²) in [4.78, 5) is 55.1. The van der Waals surface area contributed by atoms with Crippen LogP contribution in [0.3, 0.4) is 0 Å². The van der Waals surface area contributed by atoms with Gasteiger partial charge >= 0.3 is 5.69 Å². The van der Waals surface area contributed by atoms with Gasteiger partial charge in [0.05, 0.1) is 28.0 Å². The first-order chi connectivity index (χ1) is 17.3. The lowest BCUT2D eigenvalue weighted by Gasteiger charge is -2.28. The number of hydrogen-bond donors (Lipinski definition) is 0. The molecule has 10 nitrogen and oxygen atoms in total. The molecule has 4 aromatic rings. The molecule has 0 bridgehead atoms. The maximum atomic E-state index is 13.6. The minimum atomic E-state index is -0.842. The van der Waals surface area contributed by atoms with Crippen LogP contribution in [-0.4, -0.2) is 25.6 Å². The van der Waals surface area contributed by atoms with Crippen LogP contribution in [0, 0.1) is 16.0 Å². The second-order valence-electron chi connectivity index (χ2n) is 8.81. The number of Topliss-reactive ketones (excluding diaryl/α,β-unsaturated/α-hetero) is 1. The van der Waals surface area contributed by atoms with E-state index in [1.165, 1.54) is 30.8 Å². The van der Waals surface area contributed by atoms with Gasteiger partial charge in [-0.3, -0.25) is 28.8 Å². The van der Waals surface area contributed by atoms with Crippen molar-refractivity contribution in [2.45, 2.75) is 5.92 Å². The molecular weight excluding hydrogens is 464 g/mol. The molecule has 178 valence electrons. The summed E-state index contributed by atoms with van der Waals surface area (Å²) < 4.78 is 8.44. The zero-order chi connectivity index (χ0) is 25.3. The number of non-ortho nitro benzene ring substituents is 1. The van der Waals surface area contributed by atoms with E-state index in [0.717, 1.165) is 4.57 Å². The van der Waals surface area contributed by atoms with Gasteiger partial charge in [0.25, 0.3) is 11.2 Å². The number of benzene rings is 2. The van der Waals surface area contributed by atoms with Crippen LogP contribution in [-0.2, 0) is 14.1 Å². The molecule has 2 aliphatic rings. The Kier molecular flexibility index (Phi) is 4.56. The number of rotatable bonds is 3. The number of nitrogens with zero attached hydrogens (tertiary/aromatic N) is 4. The minimum Gasteiger partial charge on any atom is -0.460 e. The Morgan fingerprint density at radius 2 is 1.67 bits per heavy atom. The third-order valence-corrected chi connectivity index (χ3v) is 6.86. The average molecular weight is 482 g/mol. The molecule has 3 heterocycles. The van der Waals surface area contributed by atoms with Gasteiger partial charge in [-0.1, -0.05) is 36.4 Å². The maximum absolute atomic E-state index is 13.6. The highest BCUT2D eigenvalue weighted by molar-refractivity contribution is 6.30. The van der Waals surface area contributed by atoms with Crippen molar-refractivity contribution in [2.24, 2.45) is 25.0 Å². The van der Waals surface area contributed by atoms with Gasteiger partial charge in [0.2, 0.25) is 0 Å². The fraction of sp³-hybridized carbons (Fsp3) is 0.154. The lowest BCUT2D eigenvalue weighted by molar-refractivity contribution is -0.384. The first-order valence-electron chi connectivity index (χ1n) is 11.1. The van der Waals surface area contributed by atoms with E-state index in [1.807, 2.05) is 0 Å². The normalized spacial score (nSPS) is 17.8. The van der Waals surface area contributed by atoms with Crippen LogP contribution < -0.4 is 11.2 Å². The molecule has 0 N–H and O–H groups in total. The summed E-state index contributed by atoms with van der Waals surface area (Å²) in [5.74, 6) is -0.994. The third kappa shape index (κ3) is 2.90. The van der Waals surface area contributed by atoms with Gasteiger partial charge in [0.1, 0.15) is 17.3 Å². The predicted molar refractivity (Wildman–Crippen MR) is 130 cm³/mol. The minimum absolute atomic E-state index is 0.0897. The zero-order valence-corrected chi connectivity index (χ0v) is 19.2. The van der Waals surface area contributed by atoms with E-state index < -0.39 is 28.0 Å². The summed E-state index contributed by atoms with van der Waals surface area (Å²) >= 11 is 0. The molecule has 0 amide bonds. The molecular formula is C26H18N4O6. The highest BCUT2D eigenvalue weighted by Crippen LogP contribution is 2.47. The summed E-state index contributed by atoms with van der Waals surface area (Å²) in [7, 11) is 2.91. The number of ketones is 1. The number of carbonyl (C=O) groups excluding carboxylic acids is 1. The highest BCUT2D eigenvalue weighted by Gasteiger charge is 2.49. The number of furan rings is 1. The van der Waals surface area contributed by atoms with Crippen LogP contribution in [0.25, 0.3) is 11.3 Å². The standard InChI is InChI=1S/C26H18N4O6/c1-28-24-21(25(32)29(2)26(28)33)19(20-22(27-24)15-8-3-4-9-16(15)23(20)31)18-11-10-17(36-18)13-6-5-7-14(12-13)30(34)35/h3-12,19-20H,1-2H3/t19-,20-/m1/s1. The monoisotopic (exact) mass is 482 g/mol. The van der Waals surface area contributed by atoms with E-state index >= 15 is 0 Å². The Balaban J connectivity index is 1.60. The molecule has 0 spiro atoms. The van der Waals surface area contributed by atoms with Crippen LogP contribution in [0.4, 0.5) is 11.5 Å². The Bertz CT molecular complexity index is 1770. The molecule has 2 aromatic heterocycles. The van der Waals surface area contributed by atoms with Gasteiger partial charge in [0, 0.05) is 42.9 Å². The predicted octanol–water partition coefficient (Wildman–Crippen LogP) is 3.33. The third-order valence-electron chi connectivity index (χ3n) is 6.86. The Labute approximate surface area is 202 Å². The van der Waals surface area contributed by atoms with Gasteiger partial charge in [-0.15, -0.1) is 0 Å². The van der Waals surface area contributed by atoms with Gasteiger partial charge in [-0.05, 0) is 12.1 Å². The molecule has 1 aliphatic carbocycles. The fourth-order valence-electron chi connectivity index (χ4n) is 5.12. The van der Waals surface area contributed by atoms with Crippen LogP contribution in [0.2, 0.25) is 0 Å². The van der Waals surface area contributed by atoms with Crippen molar-refractivity contribution in [3.63, 3.8) is 0 Å². The molecule has 1 aliphatic heterocycles. The number of nitro groups is 1.